The molecule has 2 aromatic rings. The van der Waals surface area contributed by atoms with Gasteiger partial charge in [0.25, 0.3) is 0 Å². The van der Waals surface area contributed by atoms with Crippen LogP contribution in [0, 0.1) is 0 Å². The summed E-state index contributed by atoms with van der Waals surface area (Å²) in [5.74, 6) is -0.198. The fourth-order valence-corrected chi connectivity index (χ4v) is 2.61. The molecular weight excluding hydrogens is 266 g/mol. The van der Waals surface area contributed by atoms with Gasteiger partial charge < -0.3 is 10.2 Å². The molecule has 2 aromatic carbocycles. The van der Waals surface area contributed by atoms with Crippen molar-refractivity contribution in [2.75, 3.05) is 6.54 Å². The molecule has 4 nitrogen and oxygen atoms in total. The van der Waals surface area contributed by atoms with Crippen molar-refractivity contribution < 1.29 is 15.0 Å². The zero-order valence-electron chi connectivity index (χ0n) is 11.6. The summed E-state index contributed by atoms with van der Waals surface area (Å²) in [5, 5.41) is 20.3. The summed E-state index contributed by atoms with van der Waals surface area (Å²) < 4.78 is 0. The first-order valence-corrected chi connectivity index (χ1v) is 6.89. The van der Waals surface area contributed by atoms with Crippen molar-refractivity contribution in [2.45, 2.75) is 13.3 Å². The molecule has 0 aromatic heterocycles. The van der Waals surface area contributed by atoms with Gasteiger partial charge in [-0.05, 0) is 18.6 Å². The molecule has 0 unspecified atom stereocenters. The largest absolute Gasteiger partial charge is 0.507 e. The third-order valence-corrected chi connectivity index (χ3v) is 3.54. The van der Waals surface area contributed by atoms with Crippen molar-refractivity contribution in [3.8, 4) is 11.5 Å². The average Bonchev–Trinajstić information content (AvgIpc) is 2.48. The van der Waals surface area contributed by atoms with Crippen LogP contribution in [0.25, 0.3) is 0 Å². The van der Waals surface area contributed by atoms with E-state index in [1.165, 1.54) is 12.1 Å². The van der Waals surface area contributed by atoms with Crippen LogP contribution < -0.4 is 0 Å². The fraction of sp³-hybridized carbons (Fsp3) is 0.176. The van der Waals surface area contributed by atoms with Crippen LogP contribution in [0.4, 0.5) is 0 Å². The van der Waals surface area contributed by atoms with Gasteiger partial charge >= 0.3 is 0 Å². The first kappa shape index (κ1) is 13.4. The molecule has 1 aliphatic carbocycles. The highest BCUT2D eigenvalue weighted by Crippen LogP contribution is 2.36. The molecule has 0 radical (unpaired) electrons. The Bertz CT molecular complexity index is 705. The molecule has 4 heteroatoms. The van der Waals surface area contributed by atoms with E-state index in [9.17, 15) is 15.0 Å². The van der Waals surface area contributed by atoms with Gasteiger partial charge in [-0.1, -0.05) is 31.2 Å². The van der Waals surface area contributed by atoms with E-state index >= 15 is 0 Å². The van der Waals surface area contributed by atoms with Crippen molar-refractivity contribution in [3.05, 3.63) is 58.7 Å². The highest BCUT2D eigenvalue weighted by Gasteiger charge is 2.31. The number of hydrogen-bond donors (Lipinski definition) is 2. The van der Waals surface area contributed by atoms with Crippen molar-refractivity contribution in [1.82, 2.24) is 0 Å². The number of phenols is 2. The molecule has 0 amide bonds. The maximum Gasteiger partial charge on any atom is 0.194 e. The summed E-state index contributed by atoms with van der Waals surface area (Å²) in [6.45, 7) is 2.56. The Kier molecular flexibility index (Phi) is 3.22. The molecule has 0 aliphatic heterocycles. The molecule has 3 rings (SSSR count). The van der Waals surface area contributed by atoms with Crippen LogP contribution in [-0.2, 0) is 0 Å². The van der Waals surface area contributed by atoms with E-state index in [4.69, 9.17) is 0 Å². The van der Waals surface area contributed by atoms with Crippen molar-refractivity contribution >= 4 is 11.5 Å². The highest BCUT2D eigenvalue weighted by atomic mass is 16.3. The van der Waals surface area contributed by atoms with Crippen molar-refractivity contribution in [2.24, 2.45) is 4.99 Å². The Labute approximate surface area is 122 Å². The molecule has 21 heavy (non-hydrogen) atoms. The number of ketones is 1. The standard InChI is InChI=1S/C17H15NO3/c1-2-9-18-16-14-10(5-3-7-12(14)19)17(21)11-6-4-8-13(20)15(11)16/h3-8,19-20H,2,9H2,1H3. The third kappa shape index (κ3) is 2.00. The van der Waals surface area contributed by atoms with Gasteiger partial charge in [0.15, 0.2) is 5.78 Å². The normalized spacial score (nSPS) is 12.8. The van der Waals surface area contributed by atoms with Crippen LogP contribution in [-0.4, -0.2) is 28.3 Å². The molecule has 0 atom stereocenters. The second-order valence-corrected chi connectivity index (χ2v) is 4.96. The number of aliphatic imine (C=N–C) groups is 1. The van der Waals surface area contributed by atoms with E-state index in [0.29, 0.717) is 34.5 Å². The predicted octanol–water partition coefficient (Wildman–Crippen LogP) is 2.89. The Morgan fingerprint density at radius 1 is 0.952 bits per heavy atom. The Morgan fingerprint density at radius 3 is 1.95 bits per heavy atom. The fourth-order valence-electron chi connectivity index (χ4n) is 2.61. The molecule has 0 spiro atoms. The van der Waals surface area contributed by atoms with E-state index < -0.39 is 0 Å². The van der Waals surface area contributed by atoms with Crippen LogP contribution in [0.3, 0.4) is 0 Å². The number of nitrogens with zero attached hydrogens (tertiary/aromatic N) is 1. The topological polar surface area (TPSA) is 69.9 Å². The van der Waals surface area contributed by atoms with Crippen LogP contribution >= 0.6 is 0 Å². The number of carbonyl (C=O) groups excluding carboxylic acids is 1. The molecule has 0 bridgehead atoms. The van der Waals surface area contributed by atoms with Gasteiger partial charge in [0.2, 0.25) is 0 Å². The lowest BCUT2D eigenvalue weighted by Gasteiger charge is -2.22. The number of carbonyl (C=O) groups is 1. The lowest BCUT2D eigenvalue weighted by Crippen LogP contribution is -2.22. The summed E-state index contributed by atoms with van der Waals surface area (Å²) in [6, 6.07) is 9.67. The van der Waals surface area contributed by atoms with Gasteiger partial charge in [0, 0.05) is 17.7 Å². The summed E-state index contributed by atoms with van der Waals surface area (Å²) in [6.07, 6.45) is 0.837. The zero-order valence-corrected chi connectivity index (χ0v) is 11.6. The van der Waals surface area contributed by atoms with E-state index in [1.54, 1.807) is 24.3 Å². The summed E-state index contributed by atoms with van der Waals surface area (Å²) in [7, 11) is 0. The predicted molar refractivity (Wildman–Crippen MR) is 80.4 cm³/mol. The Hall–Kier alpha value is -2.62. The minimum atomic E-state index is -0.206. The van der Waals surface area contributed by atoms with Gasteiger partial charge in [-0.25, -0.2) is 0 Å². The van der Waals surface area contributed by atoms with Gasteiger partial charge in [0.1, 0.15) is 11.5 Å². The van der Waals surface area contributed by atoms with Crippen molar-refractivity contribution in [1.29, 1.82) is 0 Å². The number of rotatable bonds is 2. The van der Waals surface area contributed by atoms with Gasteiger partial charge in [-0.3, -0.25) is 9.79 Å². The van der Waals surface area contributed by atoms with Gasteiger partial charge in [-0.2, -0.15) is 0 Å². The van der Waals surface area contributed by atoms with E-state index in [2.05, 4.69) is 4.99 Å². The SMILES string of the molecule is CCCN=C1c2c(O)cccc2C(=O)c2cccc(O)c21. The molecule has 2 N–H and O–H groups in total. The van der Waals surface area contributed by atoms with Crippen LogP contribution in [0.5, 0.6) is 11.5 Å². The lowest BCUT2D eigenvalue weighted by molar-refractivity contribution is 0.103. The first-order chi connectivity index (χ1) is 10.1. The van der Waals surface area contributed by atoms with Gasteiger partial charge in [-0.15, -0.1) is 0 Å². The maximum atomic E-state index is 12.6. The lowest BCUT2D eigenvalue weighted by atomic mass is 9.82. The highest BCUT2D eigenvalue weighted by molar-refractivity contribution is 6.31. The average molecular weight is 281 g/mol. The van der Waals surface area contributed by atoms with E-state index in [1.807, 2.05) is 6.92 Å². The summed E-state index contributed by atoms with van der Waals surface area (Å²) in [5.41, 5.74) is 2.14. The monoisotopic (exact) mass is 281 g/mol. The summed E-state index contributed by atoms with van der Waals surface area (Å²) >= 11 is 0. The molecule has 0 heterocycles. The Balaban J connectivity index is 2.36. The molecule has 0 saturated heterocycles. The minimum Gasteiger partial charge on any atom is -0.507 e. The third-order valence-electron chi connectivity index (χ3n) is 3.54. The first-order valence-electron chi connectivity index (χ1n) is 6.89. The second-order valence-electron chi connectivity index (χ2n) is 4.96. The molecular formula is C17H15NO3. The molecule has 1 aliphatic rings. The van der Waals surface area contributed by atoms with Crippen molar-refractivity contribution in [3.63, 3.8) is 0 Å². The number of benzene rings is 2. The van der Waals surface area contributed by atoms with E-state index in [-0.39, 0.29) is 17.3 Å². The minimum absolute atomic E-state index is 0.00426. The number of hydrogen-bond acceptors (Lipinski definition) is 4. The quantitative estimate of drug-likeness (QED) is 0.758. The number of phenolic OH excluding ortho intramolecular Hbond substituents is 2. The van der Waals surface area contributed by atoms with Gasteiger partial charge in [0.05, 0.1) is 16.8 Å². The number of fused-ring (bicyclic) bond motifs is 2. The maximum absolute atomic E-state index is 12.6. The molecule has 0 fully saturated rings. The Morgan fingerprint density at radius 2 is 1.48 bits per heavy atom. The zero-order chi connectivity index (χ0) is 15.0. The van der Waals surface area contributed by atoms with Crippen LogP contribution in [0.15, 0.2) is 41.4 Å². The number of aromatic hydroxyl groups is 2. The van der Waals surface area contributed by atoms with Crippen LogP contribution in [0.1, 0.15) is 40.4 Å². The smallest absolute Gasteiger partial charge is 0.194 e. The molecule has 106 valence electrons. The van der Waals surface area contributed by atoms with Crippen LogP contribution in [0.2, 0.25) is 0 Å². The second kappa shape index (κ2) is 5.05. The summed E-state index contributed by atoms with van der Waals surface area (Å²) in [4.78, 5) is 17.0. The molecule has 0 saturated carbocycles. The van der Waals surface area contributed by atoms with E-state index in [0.717, 1.165) is 6.42 Å².